The van der Waals surface area contributed by atoms with Gasteiger partial charge < -0.3 is 4.98 Å². The van der Waals surface area contributed by atoms with Gasteiger partial charge in [0.15, 0.2) is 4.77 Å². The van der Waals surface area contributed by atoms with Gasteiger partial charge in [-0.2, -0.15) is 0 Å². The molecule has 0 spiro atoms. The monoisotopic (exact) mass is 260 g/mol. The highest BCUT2D eigenvalue weighted by atomic mass is 32.1. The van der Waals surface area contributed by atoms with Crippen molar-refractivity contribution in [3.05, 3.63) is 58.6 Å². The van der Waals surface area contributed by atoms with Gasteiger partial charge in [0.05, 0.1) is 0 Å². The zero-order valence-electron chi connectivity index (χ0n) is 11.2. The molecule has 0 saturated carbocycles. The van der Waals surface area contributed by atoms with E-state index in [-0.39, 0.29) is 0 Å². The number of aromatic amines is 1. The molecule has 0 amide bonds. The summed E-state index contributed by atoms with van der Waals surface area (Å²) in [5, 5.41) is 0. The summed E-state index contributed by atoms with van der Waals surface area (Å²) in [6.07, 6.45) is 6.84. The summed E-state index contributed by atoms with van der Waals surface area (Å²) >= 11 is 5.21. The Morgan fingerprint density at radius 1 is 1.22 bits per heavy atom. The van der Waals surface area contributed by atoms with E-state index in [9.17, 15) is 0 Å². The molecule has 1 heterocycles. The minimum atomic E-state index is 0.740. The molecule has 3 heteroatoms. The lowest BCUT2D eigenvalue weighted by Crippen LogP contribution is -1.86. The van der Waals surface area contributed by atoms with Gasteiger partial charge in [-0.25, -0.2) is 0 Å². The molecule has 2 rings (SSSR count). The number of benzene rings is 1. The molecule has 2 aromatic rings. The normalized spacial score (nSPS) is 10.2. The van der Waals surface area contributed by atoms with Crippen LogP contribution in [0.3, 0.4) is 0 Å². The lowest BCUT2D eigenvalue weighted by atomic mass is 10.1. The van der Waals surface area contributed by atoms with Crippen LogP contribution in [0.2, 0.25) is 0 Å². The quantitative estimate of drug-likeness (QED) is 0.796. The predicted molar refractivity (Wildman–Crippen MR) is 81.2 cm³/mol. The van der Waals surface area contributed by atoms with Crippen LogP contribution in [0, 0.1) is 4.77 Å². The third-order valence-electron chi connectivity index (χ3n) is 2.34. The van der Waals surface area contributed by atoms with E-state index in [4.69, 9.17) is 12.2 Å². The highest BCUT2D eigenvalue weighted by Gasteiger charge is 1.99. The van der Waals surface area contributed by atoms with Gasteiger partial charge in [-0.1, -0.05) is 50.3 Å². The molecule has 0 atom stereocenters. The summed E-state index contributed by atoms with van der Waals surface area (Å²) in [7, 11) is 0. The van der Waals surface area contributed by atoms with Crippen molar-refractivity contribution in [2.45, 2.75) is 27.2 Å². The molecule has 2 nitrogen and oxygen atoms in total. The molecule has 1 aromatic carbocycles. The molecule has 1 aromatic heterocycles. The van der Waals surface area contributed by atoms with Gasteiger partial charge in [-0.05, 0) is 24.7 Å². The van der Waals surface area contributed by atoms with Gasteiger partial charge in [-0.3, -0.25) is 4.57 Å². The van der Waals surface area contributed by atoms with Gasteiger partial charge in [0.25, 0.3) is 0 Å². The molecule has 0 aliphatic heterocycles. The van der Waals surface area contributed by atoms with Crippen LogP contribution < -0.4 is 0 Å². The summed E-state index contributed by atoms with van der Waals surface area (Å²) in [4.78, 5) is 3.20. The van der Waals surface area contributed by atoms with Crippen molar-refractivity contribution in [3.63, 3.8) is 0 Å². The van der Waals surface area contributed by atoms with Crippen molar-refractivity contribution in [2.75, 3.05) is 0 Å². The van der Waals surface area contributed by atoms with Crippen LogP contribution in [-0.2, 0) is 6.42 Å². The summed E-state index contributed by atoms with van der Waals surface area (Å²) in [6.45, 7) is 5.98. The molecular formula is C15H20N2S. The molecule has 0 bridgehead atoms. The Kier molecular flexibility index (Phi) is 6.15. The maximum absolute atomic E-state index is 5.21. The van der Waals surface area contributed by atoms with Crippen LogP contribution in [0.1, 0.15) is 32.0 Å². The molecule has 96 valence electrons. The Morgan fingerprint density at radius 3 is 2.50 bits per heavy atom. The number of rotatable bonds is 3. The van der Waals surface area contributed by atoms with E-state index in [0.29, 0.717) is 0 Å². The summed E-state index contributed by atoms with van der Waals surface area (Å²) in [6, 6.07) is 10.4. The molecule has 0 unspecified atom stereocenters. The highest BCUT2D eigenvalue weighted by Crippen LogP contribution is 2.08. The topological polar surface area (TPSA) is 20.7 Å². The fraction of sp³-hybridized carbons (Fsp3) is 0.267. The minimum absolute atomic E-state index is 0.740. The van der Waals surface area contributed by atoms with E-state index in [1.807, 2.05) is 62.0 Å². The SMILES string of the molecule is C/C=C/n1cc(Cc2ccccc2)[nH]c1=S.CC. The Labute approximate surface area is 114 Å². The molecule has 0 aliphatic carbocycles. The standard InChI is InChI=1S/C13H14N2S.C2H6/c1-2-8-15-10-12(14-13(15)16)9-11-6-4-3-5-7-11;1-2/h2-8,10H,9H2,1H3,(H,14,16);1-2H3/b8-2+;. The molecule has 0 radical (unpaired) electrons. The molecule has 0 fully saturated rings. The fourth-order valence-electron chi connectivity index (χ4n) is 1.64. The first-order chi connectivity index (χ1) is 8.79. The number of hydrogen-bond donors (Lipinski definition) is 1. The number of allylic oxidation sites excluding steroid dienone is 1. The van der Waals surface area contributed by atoms with Crippen molar-refractivity contribution >= 4 is 18.4 Å². The average molecular weight is 260 g/mol. The second-order valence-electron chi connectivity index (χ2n) is 3.64. The number of hydrogen-bond acceptors (Lipinski definition) is 1. The number of nitrogens with zero attached hydrogens (tertiary/aromatic N) is 1. The fourth-order valence-corrected chi connectivity index (χ4v) is 1.88. The number of imidazole rings is 1. The van der Waals surface area contributed by atoms with E-state index in [1.54, 1.807) is 0 Å². The van der Waals surface area contributed by atoms with Crippen LogP contribution in [0.25, 0.3) is 6.20 Å². The van der Waals surface area contributed by atoms with Crippen molar-refractivity contribution in [3.8, 4) is 0 Å². The van der Waals surface area contributed by atoms with Crippen LogP contribution in [0.4, 0.5) is 0 Å². The lowest BCUT2D eigenvalue weighted by Gasteiger charge is -1.96. The van der Waals surface area contributed by atoms with Gasteiger partial charge >= 0.3 is 0 Å². The van der Waals surface area contributed by atoms with E-state index < -0.39 is 0 Å². The maximum atomic E-state index is 5.21. The minimum Gasteiger partial charge on any atom is -0.334 e. The van der Waals surface area contributed by atoms with Gasteiger partial charge in [-0.15, -0.1) is 0 Å². The Bertz CT molecular complexity index is 535. The van der Waals surface area contributed by atoms with Crippen molar-refractivity contribution < 1.29 is 0 Å². The number of H-pyrrole nitrogens is 1. The van der Waals surface area contributed by atoms with Gasteiger partial charge in [0, 0.05) is 24.5 Å². The van der Waals surface area contributed by atoms with Crippen LogP contribution >= 0.6 is 12.2 Å². The Balaban J connectivity index is 0.000000771. The molecular weight excluding hydrogens is 240 g/mol. The van der Waals surface area contributed by atoms with Crippen molar-refractivity contribution in [1.82, 2.24) is 9.55 Å². The first-order valence-electron chi connectivity index (χ1n) is 6.26. The molecule has 1 N–H and O–H groups in total. The third kappa shape index (κ3) is 4.00. The molecule has 0 aliphatic rings. The average Bonchev–Trinajstić information content (AvgIpc) is 2.74. The Morgan fingerprint density at radius 2 is 1.89 bits per heavy atom. The lowest BCUT2D eigenvalue weighted by molar-refractivity contribution is 1.09. The summed E-state index contributed by atoms with van der Waals surface area (Å²) in [5.41, 5.74) is 2.42. The number of nitrogens with one attached hydrogen (secondary N) is 1. The van der Waals surface area contributed by atoms with Crippen molar-refractivity contribution in [2.24, 2.45) is 0 Å². The first kappa shape index (κ1) is 14.5. The van der Waals surface area contributed by atoms with E-state index in [1.165, 1.54) is 5.56 Å². The zero-order chi connectivity index (χ0) is 13.4. The smallest absolute Gasteiger partial charge is 0.181 e. The Hall–Kier alpha value is -1.61. The van der Waals surface area contributed by atoms with Gasteiger partial charge in [0.1, 0.15) is 0 Å². The van der Waals surface area contributed by atoms with Crippen LogP contribution in [-0.4, -0.2) is 9.55 Å². The molecule has 18 heavy (non-hydrogen) atoms. The van der Waals surface area contributed by atoms with Crippen LogP contribution in [0.15, 0.2) is 42.6 Å². The highest BCUT2D eigenvalue weighted by molar-refractivity contribution is 7.71. The summed E-state index contributed by atoms with van der Waals surface area (Å²) in [5.74, 6) is 0. The maximum Gasteiger partial charge on any atom is 0.181 e. The second kappa shape index (κ2) is 7.67. The third-order valence-corrected chi connectivity index (χ3v) is 2.66. The van der Waals surface area contributed by atoms with E-state index in [0.717, 1.165) is 16.9 Å². The summed E-state index contributed by atoms with van der Waals surface area (Å²) < 4.78 is 2.66. The van der Waals surface area contributed by atoms with E-state index in [2.05, 4.69) is 17.1 Å². The second-order valence-corrected chi connectivity index (χ2v) is 4.02. The largest absolute Gasteiger partial charge is 0.334 e. The van der Waals surface area contributed by atoms with Crippen LogP contribution in [0.5, 0.6) is 0 Å². The van der Waals surface area contributed by atoms with Gasteiger partial charge in [0.2, 0.25) is 0 Å². The number of aromatic nitrogens is 2. The first-order valence-corrected chi connectivity index (χ1v) is 6.67. The molecule has 0 saturated heterocycles. The zero-order valence-corrected chi connectivity index (χ0v) is 12.0. The van der Waals surface area contributed by atoms with E-state index >= 15 is 0 Å². The predicted octanol–water partition coefficient (Wildman–Crippen LogP) is 4.65. The van der Waals surface area contributed by atoms with Crippen molar-refractivity contribution in [1.29, 1.82) is 0 Å².